The van der Waals surface area contributed by atoms with Gasteiger partial charge in [-0.2, -0.15) is 0 Å². The standard InChI is InChI=1S/C23H36O9Si/c1-13(24)30-12-18-22(31-14(2)25)20(27)19(26)21(32-18)15-8-9-17(29-5)16(10-15)11-23(3,4)33(6,7)28/h8-10,18-22,26-28H,11-12H2,1-7H3/t18-,19+,20-,21-,22-/m1/s1. The van der Waals surface area contributed by atoms with Crippen molar-refractivity contribution in [1.82, 2.24) is 0 Å². The van der Waals surface area contributed by atoms with Crippen molar-refractivity contribution in [2.24, 2.45) is 0 Å². The van der Waals surface area contributed by atoms with E-state index in [-0.39, 0.29) is 11.6 Å². The van der Waals surface area contributed by atoms with E-state index < -0.39 is 50.8 Å². The molecule has 0 amide bonds. The number of carbonyl (C=O) groups excluding carboxylic acids is 2. The third kappa shape index (κ3) is 6.54. The SMILES string of the molecule is COc1ccc([C@H]2O[C@H](COC(C)=O)[C@@H](OC(C)=O)[C@H](O)[C@@H]2O)cc1CC(C)(C)[Si](C)(C)O. The molecule has 10 heteroatoms. The highest BCUT2D eigenvalue weighted by Gasteiger charge is 2.47. The Labute approximate surface area is 195 Å². The number of esters is 2. The highest BCUT2D eigenvalue weighted by Crippen LogP contribution is 2.42. The van der Waals surface area contributed by atoms with Gasteiger partial charge >= 0.3 is 11.9 Å². The van der Waals surface area contributed by atoms with Crippen LogP contribution in [0.1, 0.15) is 44.9 Å². The van der Waals surface area contributed by atoms with Gasteiger partial charge in [0, 0.05) is 13.8 Å². The maximum atomic E-state index is 11.5. The minimum atomic E-state index is -2.52. The average Bonchev–Trinajstić information content (AvgIpc) is 2.69. The summed E-state index contributed by atoms with van der Waals surface area (Å²) < 4.78 is 21.7. The highest BCUT2D eigenvalue weighted by atomic mass is 28.4. The first-order valence-corrected chi connectivity index (χ1v) is 13.8. The van der Waals surface area contributed by atoms with Gasteiger partial charge in [0.15, 0.2) is 14.4 Å². The topological polar surface area (TPSA) is 132 Å². The smallest absolute Gasteiger partial charge is 0.303 e. The van der Waals surface area contributed by atoms with E-state index in [0.29, 0.717) is 17.7 Å². The van der Waals surface area contributed by atoms with E-state index in [1.165, 1.54) is 13.8 Å². The lowest BCUT2D eigenvalue weighted by molar-refractivity contribution is -0.242. The Bertz CT molecular complexity index is 849. The molecule has 0 radical (unpaired) electrons. The minimum absolute atomic E-state index is 0.256. The molecule has 5 atom stereocenters. The van der Waals surface area contributed by atoms with Gasteiger partial charge in [0.25, 0.3) is 0 Å². The number of aliphatic hydroxyl groups is 2. The molecule has 1 aromatic rings. The second kappa shape index (κ2) is 10.5. The summed E-state index contributed by atoms with van der Waals surface area (Å²) in [6.45, 7) is 9.91. The molecule has 1 aliphatic heterocycles. The normalized spacial score (nSPS) is 25.9. The molecule has 1 heterocycles. The number of aliphatic hydroxyl groups excluding tert-OH is 2. The van der Waals surface area contributed by atoms with Gasteiger partial charge in [0.2, 0.25) is 0 Å². The third-order valence-electron chi connectivity index (χ3n) is 6.36. The van der Waals surface area contributed by atoms with Crippen LogP contribution in [0.5, 0.6) is 5.75 Å². The first-order valence-electron chi connectivity index (χ1n) is 10.9. The van der Waals surface area contributed by atoms with Gasteiger partial charge in [0.1, 0.15) is 36.8 Å². The van der Waals surface area contributed by atoms with E-state index in [9.17, 15) is 24.6 Å². The van der Waals surface area contributed by atoms with E-state index >= 15 is 0 Å². The predicted octanol–water partition coefficient (Wildman–Crippen LogP) is 1.87. The molecular formula is C23H36O9Si. The Morgan fingerprint density at radius 1 is 1.12 bits per heavy atom. The molecule has 9 nitrogen and oxygen atoms in total. The first-order chi connectivity index (χ1) is 15.2. The molecule has 1 aromatic carbocycles. The van der Waals surface area contributed by atoms with E-state index in [4.69, 9.17) is 18.9 Å². The van der Waals surface area contributed by atoms with Crippen molar-refractivity contribution < 1.29 is 43.5 Å². The van der Waals surface area contributed by atoms with Gasteiger partial charge in [-0.15, -0.1) is 0 Å². The van der Waals surface area contributed by atoms with Crippen LogP contribution >= 0.6 is 0 Å². The lowest BCUT2D eigenvalue weighted by Gasteiger charge is -2.42. The molecular weight excluding hydrogens is 448 g/mol. The number of methoxy groups -OCH3 is 1. The zero-order chi connectivity index (χ0) is 25.1. The number of hydrogen-bond donors (Lipinski definition) is 3. The highest BCUT2D eigenvalue weighted by molar-refractivity contribution is 6.72. The molecule has 186 valence electrons. The fourth-order valence-corrected chi connectivity index (χ4v) is 4.32. The Morgan fingerprint density at radius 2 is 1.76 bits per heavy atom. The zero-order valence-corrected chi connectivity index (χ0v) is 21.3. The monoisotopic (exact) mass is 484 g/mol. The molecule has 0 spiro atoms. The van der Waals surface area contributed by atoms with E-state index in [1.807, 2.05) is 33.0 Å². The summed E-state index contributed by atoms with van der Waals surface area (Å²) in [5.41, 5.74) is 1.39. The Morgan fingerprint density at radius 3 is 2.27 bits per heavy atom. The maximum Gasteiger partial charge on any atom is 0.303 e. The largest absolute Gasteiger partial charge is 0.496 e. The van der Waals surface area contributed by atoms with Crippen LogP contribution in [0.15, 0.2) is 18.2 Å². The number of hydrogen-bond acceptors (Lipinski definition) is 9. The van der Waals surface area contributed by atoms with Crippen molar-refractivity contribution in [3.63, 3.8) is 0 Å². The van der Waals surface area contributed by atoms with Gasteiger partial charge in [-0.05, 0) is 47.8 Å². The molecule has 0 aliphatic carbocycles. The Hall–Kier alpha value is -1.98. The second-order valence-electron chi connectivity index (χ2n) is 9.64. The van der Waals surface area contributed by atoms with Crippen molar-refractivity contribution in [2.75, 3.05) is 13.7 Å². The van der Waals surface area contributed by atoms with Crippen LogP contribution in [0.2, 0.25) is 18.1 Å². The molecule has 0 bridgehead atoms. The van der Waals surface area contributed by atoms with Crippen LogP contribution in [0.3, 0.4) is 0 Å². The molecule has 3 N–H and O–H groups in total. The molecule has 0 saturated carbocycles. The van der Waals surface area contributed by atoms with Gasteiger partial charge in [0.05, 0.1) is 7.11 Å². The Kier molecular flexibility index (Phi) is 8.69. The van der Waals surface area contributed by atoms with Crippen molar-refractivity contribution in [3.8, 4) is 5.75 Å². The molecule has 33 heavy (non-hydrogen) atoms. The number of ether oxygens (including phenoxy) is 4. The van der Waals surface area contributed by atoms with Crippen LogP contribution in [-0.2, 0) is 30.2 Å². The van der Waals surface area contributed by atoms with Gasteiger partial charge < -0.3 is 34.0 Å². The van der Waals surface area contributed by atoms with Crippen molar-refractivity contribution in [2.45, 2.75) is 82.8 Å². The van der Waals surface area contributed by atoms with E-state index in [1.54, 1.807) is 19.2 Å². The molecule has 1 saturated heterocycles. The molecule has 0 aromatic heterocycles. The van der Waals surface area contributed by atoms with Crippen LogP contribution in [-0.4, -0.2) is 73.4 Å². The zero-order valence-electron chi connectivity index (χ0n) is 20.3. The van der Waals surface area contributed by atoms with Crippen LogP contribution in [0, 0.1) is 0 Å². The molecule has 2 rings (SSSR count). The van der Waals surface area contributed by atoms with Gasteiger partial charge in [-0.1, -0.05) is 19.9 Å². The number of benzene rings is 1. The number of carbonyl (C=O) groups is 2. The lowest BCUT2D eigenvalue weighted by Crippen LogP contribution is -2.57. The summed E-state index contributed by atoms with van der Waals surface area (Å²) in [6, 6.07) is 5.28. The third-order valence-corrected chi connectivity index (χ3v) is 9.85. The minimum Gasteiger partial charge on any atom is -0.496 e. The average molecular weight is 485 g/mol. The predicted molar refractivity (Wildman–Crippen MR) is 122 cm³/mol. The summed E-state index contributed by atoms with van der Waals surface area (Å²) in [5.74, 6) is -0.585. The van der Waals surface area contributed by atoms with Crippen molar-refractivity contribution >= 4 is 20.3 Å². The van der Waals surface area contributed by atoms with Crippen molar-refractivity contribution in [3.05, 3.63) is 29.3 Å². The van der Waals surface area contributed by atoms with E-state index in [0.717, 1.165) is 5.56 Å². The summed E-state index contributed by atoms with van der Waals surface area (Å²) in [5, 5.41) is 21.2. The second-order valence-corrected chi connectivity index (χ2v) is 14.1. The fourth-order valence-electron chi connectivity index (χ4n) is 3.69. The number of rotatable bonds is 8. The lowest BCUT2D eigenvalue weighted by atomic mass is 9.89. The quantitative estimate of drug-likeness (QED) is 0.374. The van der Waals surface area contributed by atoms with Crippen molar-refractivity contribution in [1.29, 1.82) is 0 Å². The molecule has 0 unspecified atom stereocenters. The summed E-state index contributed by atoms with van der Waals surface area (Å²) in [4.78, 5) is 33.6. The van der Waals surface area contributed by atoms with Crippen LogP contribution in [0.25, 0.3) is 0 Å². The van der Waals surface area contributed by atoms with Gasteiger partial charge in [-0.25, -0.2) is 0 Å². The van der Waals surface area contributed by atoms with Crippen LogP contribution in [0.4, 0.5) is 0 Å². The first kappa shape index (κ1) is 27.3. The van der Waals surface area contributed by atoms with Gasteiger partial charge in [-0.3, -0.25) is 9.59 Å². The van der Waals surface area contributed by atoms with Crippen LogP contribution < -0.4 is 4.74 Å². The fraction of sp³-hybridized carbons (Fsp3) is 0.652. The molecule has 1 fully saturated rings. The summed E-state index contributed by atoms with van der Waals surface area (Å²) >= 11 is 0. The summed E-state index contributed by atoms with van der Waals surface area (Å²) in [6.07, 6.45) is -5.49. The summed E-state index contributed by atoms with van der Waals surface area (Å²) in [7, 11) is -0.958. The Balaban J connectivity index is 2.41. The van der Waals surface area contributed by atoms with E-state index in [2.05, 4.69) is 0 Å². The maximum absolute atomic E-state index is 11.5. The molecule has 1 aliphatic rings.